The van der Waals surface area contributed by atoms with E-state index in [4.69, 9.17) is 23.2 Å². The van der Waals surface area contributed by atoms with Crippen LogP contribution in [-0.2, 0) is 7.05 Å². The smallest absolute Gasteiger partial charge is 0.235 e. The molecule has 0 amide bonds. The lowest BCUT2D eigenvalue weighted by Crippen LogP contribution is -1.91. The zero-order valence-corrected chi connectivity index (χ0v) is 14.5. The number of nitrogens with zero attached hydrogens (tertiary/aromatic N) is 6. The topological polar surface area (TPSA) is 60.9 Å². The first-order chi connectivity index (χ1) is 11.0. The lowest BCUT2D eigenvalue weighted by molar-refractivity contribution is 0.756. The highest BCUT2D eigenvalue weighted by atomic mass is 35.5. The maximum atomic E-state index is 6.07. The Balaban J connectivity index is 1.88. The van der Waals surface area contributed by atoms with Crippen LogP contribution >= 0.6 is 34.5 Å². The van der Waals surface area contributed by atoms with Gasteiger partial charge in [0.25, 0.3) is 0 Å². The molecule has 0 bridgehead atoms. The van der Waals surface area contributed by atoms with Gasteiger partial charge < -0.3 is 0 Å². The first-order valence-electron chi connectivity index (χ1n) is 6.70. The predicted molar refractivity (Wildman–Crippen MR) is 91.1 cm³/mol. The molecule has 4 rings (SSSR count). The van der Waals surface area contributed by atoms with Crippen LogP contribution in [0.1, 0.15) is 5.69 Å². The SMILES string of the molecule is Cc1nn(C)cc1-c1nn2c(-c3cc(Cl)cc(Cl)c3)nnc2s1. The highest BCUT2D eigenvalue weighted by molar-refractivity contribution is 7.19. The third-order valence-corrected chi connectivity index (χ3v) is 4.72. The first-order valence-corrected chi connectivity index (χ1v) is 8.28. The Bertz CT molecular complexity index is 1010. The summed E-state index contributed by atoms with van der Waals surface area (Å²) in [5, 5.41) is 19.3. The Morgan fingerprint density at radius 2 is 1.78 bits per heavy atom. The average molecular weight is 365 g/mol. The molecule has 1 aromatic carbocycles. The molecule has 0 aliphatic rings. The van der Waals surface area contributed by atoms with Gasteiger partial charge in [-0.3, -0.25) is 4.68 Å². The highest BCUT2D eigenvalue weighted by Crippen LogP contribution is 2.31. The number of benzene rings is 1. The fourth-order valence-electron chi connectivity index (χ4n) is 2.40. The summed E-state index contributed by atoms with van der Waals surface area (Å²) in [5.74, 6) is 0.605. The molecule has 0 aliphatic carbocycles. The van der Waals surface area contributed by atoms with Crippen LogP contribution in [0, 0.1) is 6.92 Å². The van der Waals surface area contributed by atoms with Crippen molar-refractivity contribution in [2.24, 2.45) is 7.05 Å². The minimum Gasteiger partial charge on any atom is -0.275 e. The molecular formula is C14H10Cl2N6S. The van der Waals surface area contributed by atoms with Gasteiger partial charge in [-0.05, 0) is 25.1 Å². The number of rotatable bonds is 2. The number of hydrogen-bond donors (Lipinski definition) is 0. The maximum absolute atomic E-state index is 6.07. The second-order valence-corrected chi connectivity index (χ2v) is 6.91. The summed E-state index contributed by atoms with van der Waals surface area (Å²) in [6.07, 6.45) is 1.94. The fraction of sp³-hybridized carbons (Fsp3) is 0.143. The van der Waals surface area contributed by atoms with Gasteiger partial charge >= 0.3 is 0 Å². The third kappa shape index (κ3) is 2.50. The van der Waals surface area contributed by atoms with Gasteiger partial charge in [-0.25, -0.2) is 0 Å². The molecule has 3 heterocycles. The van der Waals surface area contributed by atoms with Gasteiger partial charge in [-0.15, -0.1) is 10.2 Å². The molecule has 0 fully saturated rings. The number of hydrogen-bond acceptors (Lipinski definition) is 5. The Hall–Kier alpha value is -1.96. The lowest BCUT2D eigenvalue weighted by Gasteiger charge is -1.99. The normalized spacial score (nSPS) is 11.5. The summed E-state index contributed by atoms with van der Waals surface area (Å²) in [6, 6.07) is 5.26. The van der Waals surface area contributed by atoms with Crippen molar-refractivity contribution < 1.29 is 0 Å². The van der Waals surface area contributed by atoms with Crippen LogP contribution < -0.4 is 0 Å². The zero-order chi connectivity index (χ0) is 16.1. The average Bonchev–Trinajstić information content (AvgIpc) is 3.10. The standard InChI is InChI=1S/C14H10Cl2N6S/c1-7-11(6-21(2)19-7)13-20-22-12(17-18-14(22)23-13)8-3-9(15)5-10(16)4-8/h3-6H,1-2H3. The number of aryl methyl sites for hydroxylation is 2. The van der Waals surface area contributed by atoms with Crippen LogP contribution in [0.5, 0.6) is 0 Å². The van der Waals surface area contributed by atoms with Gasteiger partial charge in [0.1, 0.15) is 0 Å². The molecule has 4 aromatic rings. The van der Waals surface area contributed by atoms with E-state index in [-0.39, 0.29) is 0 Å². The molecule has 9 heteroatoms. The van der Waals surface area contributed by atoms with Crippen LogP contribution in [-0.4, -0.2) is 29.6 Å². The summed E-state index contributed by atoms with van der Waals surface area (Å²) in [6.45, 7) is 1.95. The summed E-state index contributed by atoms with van der Waals surface area (Å²) >= 11 is 13.6. The van der Waals surface area contributed by atoms with Crippen LogP contribution in [0.4, 0.5) is 0 Å². The second kappa shape index (κ2) is 5.30. The van der Waals surface area contributed by atoms with Gasteiger partial charge in [-0.1, -0.05) is 34.5 Å². The number of halogens is 2. The van der Waals surface area contributed by atoms with E-state index in [0.717, 1.165) is 21.8 Å². The van der Waals surface area contributed by atoms with Crippen molar-refractivity contribution in [1.82, 2.24) is 29.6 Å². The molecule has 0 spiro atoms. The van der Waals surface area contributed by atoms with Gasteiger partial charge in [0.05, 0.1) is 11.3 Å². The van der Waals surface area contributed by atoms with E-state index in [1.54, 1.807) is 27.4 Å². The molecule has 0 aliphatic heterocycles. The molecule has 23 heavy (non-hydrogen) atoms. The van der Waals surface area contributed by atoms with Crippen molar-refractivity contribution >= 4 is 39.5 Å². The minimum absolute atomic E-state index is 0.544. The molecular weight excluding hydrogens is 355 g/mol. The fourth-order valence-corrected chi connectivity index (χ4v) is 3.83. The van der Waals surface area contributed by atoms with E-state index in [1.165, 1.54) is 11.3 Å². The third-order valence-electron chi connectivity index (χ3n) is 3.36. The molecule has 116 valence electrons. The van der Waals surface area contributed by atoms with Crippen LogP contribution in [0.15, 0.2) is 24.4 Å². The van der Waals surface area contributed by atoms with Gasteiger partial charge in [0.2, 0.25) is 4.96 Å². The molecule has 0 atom stereocenters. The van der Waals surface area contributed by atoms with E-state index in [1.807, 2.05) is 20.2 Å². The van der Waals surface area contributed by atoms with Crippen molar-refractivity contribution in [2.75, 3.05) is 0 Å². The minimum atomic E-state index is 0.544. The molecule has 0 saturated heterocycles. The first kappa shape index (κ1) is 14.6. The quantitative estimate of drug-likeness (QED) is 0.541. The van der Waals surface area contributed by atoms with E-state index >= 15 is 0 Å². The maximum Gasteiger partial charge on any atom is 0.235 e. The van der Waals surface area contributed by atoms with Gasteiger partial charge in [-0.2, -0.15) is 14.7 Å². The highest BCUT2D eigenvalue weighted by Gasteiger charge is 2.17. The lowest BCUT2D eigenvalue weighted by atomic mass is 10.2. The Kier molecular flexibility index (Phi) is 3.37. The van der Waals surface area contributed by atoms with E-state index < -0.39 is 0 Å². The van der Waals surface area contributed by atoms with Crippen LogP contribution in [0.3, 0.4) is 0 Å². The number of fused-ring (bicyclic) bond motifs is 1. The monoisotopic (exact) mass is 364 g/mol. The Labute approximate surface area is 145 Å². The van der Waals surface area contributed by atoms with Gasteiger partial charge in [0, 0.05) is 28.9 Å². The summed E-state index contributed by atoms with van der Waals surface area (Å²) in [5.41, 5.74) is 2.68. The predicted octanol–water partition coefficient (Wildman–Crippen LogP) is 3.87. The van der Waals surface area contributed by atoms with Crippen molar-refractivity contribution in [3.05, 3.63) is 40.1 Å². The van der Waals surface area contributed by atoms with E-state index in [2.05, 4.69) is 20.4 Å². The Morgan fingerprint density at radius 3 is 2.43 bits per heavy atom. The van der Waals surface area contributed by atoms with Crippen molar-refractivity contribution in [1.29, 1.82) is 0 Å². The molecule has 0 radical (unpaired) electrons. The summed E-state index contributed by atoms with van der Waals surface area (Å²) in [4.78, 5) is 0.703. The van der Waals surface area contributed by atoms with Crippen molar-refractivity contribution in [3.63, 3.8) is 0 Å². The summed E-state index contributed by atoms with van der Waals surface area (Å²) < 4.78 is 3.47. The molecule has 0 N–H and O–H groups in total. The van der Waals surface area contributed by atoms with Crippen LogP contribution in [0.2, 0.25) is 10.0 Å². The van der Waals surface area contributed by atoms with Crippen molar-refractivity contribution in [2.45, 2.75) is 6.92 Å². The van der Waals surface area contributed by atoms with Crippen molar-refractivity contribution in [3.8, 4) is 22.0 Å². The molecule has 0 unspecified atom stereocenters. The second-order valence-electron chi connectivity index (χ2n) is 5.09. The van der Waals surface area contributed by atoms with E-state index in [0.29, 0.717) is 20.8 Å². The van der Waals surface area contributed by atoms with E-state index in [9.17, 15) is 0 Å². The Morgan fingerprint density at radius 1 is 1.04 bits per heavy atom. The van der Waals surface area contributed by atoms with Crippen LogP contribution in [0.25, 0.3) is 26.9 Å². The molecule has 0 saturated carbocycles. The number of aromatic nitrogens is 6. The molecule has 6 nitrogen and oxygen atoms in total. The largest absolute Gasteiger partial charge is 0.275 e. The van der Waals surface area contributed by atoms with Gasteiger partial charge in [0.15, 0.2) is 10.8 Å². The summed E-state index contributed by atoms with van der Waals surface area (Å²) in [7, 11) is 1.89. The zero-order valence-electron chi connectivity index (χ0n) is 12.2. The molecule has 3 aromatic heterocycles.